The molecule has 0 spiro atoms. The van der Waals surface area contributed by atoms with Crippen LogP contribution in [0, 0.1) is 12.3 Å². The lowest BCUT2D eigenvalue weighted by Crippen LogP contribution is -2.51. The fourth-order valence-electron chi connectivity index (χ4n) is 2.21. The molecule has 2 heterocycles. The monoisotopic (exact) mass is 263 g/mol. The third kappa shape index (κ3) is 4.06. The van der Waals surface area contributed by atoms with Crippen molar-refractivity contribution in [1.29, 1.82) is 0 Å². The lowest BCUT2D eigenvalue weighted by molar-refractivity contribution is 0.417. The zero-order chi connectivity index (χ0) is 14.0. The van der Waals surface area contributed by atoms with Gasteiger partial charge in [0, 0.05) is 32.7 Å². The Bertz CT molecular complexity index is 434. The molecule has 5 heteroatoms. The summed E-state index contributed by atoms with van der Waals surface area (Å²) in [5, 5.41) is 6.69. The number of aryl methyl sites for hydroxylation is 1. The van der Waals surface area contributed by atoms with E-state index in [1.165, 1.54) is 0 Å². The topological polar surface area (TPSA) is 53.1 Å². The molecule has 1 aliphatic heterocycles. The van der Waals surface area contributed by atoms with Crippen molar-refractivity contribution < 1.29 is 0 Å². The highest BCUT2D eigenvalue weighted by atomic mass is 15.2. The molecule has 1 saturated heterocycles. The summed E-state index contributed by atoms with van der Waals surface area (Å²) in [4.78, 5) is 11.2. The maximum absolute atomic E-state index is 4.53. The first-order chi connectivity index (χ1) is 8.83. The Hall–Kier alpha value is -1.36. The van der Waals surface area contributed by atoms with Crippen LogP contribution in [-0.4, -0.2) is 42.7 Å². The summed E-state index contributed by atoms with van der Waals surface area (Å²) in [5.74, 6) is 2.72. The maximum Gasteiger partial charge on any atom is 0.134 e. The molecule has 19 heavy (non-hydrogen) atoms. The van der Waals surface area contributed by atoms with Crippen LogP contribution < -0.4 is 15.5 Å². The van der Waals surface area contributed by atoms with Crippen molar-refractivity contribution in [3.05, 3.63) is 11.9 Å². The highest BCUT2D eigenvalue weighted by Gasteiger charge is 2.19. The van der Waals surface area contributed by atoms with E-state index in [2.05, 4.69) is 53.3 Å². The van der Waals surface area contributed by atoms with Gasteiger partial charge in [0.2, 0.25) is 0 Å². The number of nitrogens with one attached hydrogen (secondary N) is 2. The second-order valence-electron chi connectivity index (χ2n) is 6.57. The lowest BCUT2D eigenvalue weighted by atomic mass is 9.96. The van der Waals surface area contributed by atoms with Crippen molar-refractivity contribution in [3.63, 3.8) is 0 Å². The molecule has 0 bridgehead atoms. The Morgan fingerprint density at radius 2 is 2.05 bits per heavy atom. The van der Waals surface area contributed by atoms with Crippen LogP contribution in [-0.2, 0) is 0 Å². The van der Waals surface area contributed by atoms with Gasteiger partial charge < -0.3 is 15.5 Å². The molecular formula is C14H25N5. The molecule has 106 valence electrons. The van der Waals surface area contributed by atoms with Gasteiger partial charge in [0.25, 0.3) is 0 Å². The third-order valence-electron chi connectivity index (χ3n) is 3.06. The van der Waals surface area contributed by atoms with Crippen molar-refractivity contribution in [2.24, 2.45) is 5.41 Å². The largest absolute Gasteiger partial charge is 0.365 e. The molecule has 0 saturated carbocycles. The molecule has 2 N–H and O–H groups in total. The third-order valence-corrected chi connectivity index (χ3v) is 3.06. The SMILES string of the molecule is Cc1nc(NC2CNC2)cc(N(C)CC(C)(C)C)n1. The molecule has 0 aromatic carbocycles. The molecule has 1 fully saturated rings. The Kier molecular flexibility index (Phi) is 3.94. The normalized spacial score (nSPS) is 16.1. The van der Waals surface area contributed by atoms with E-state index in [9.17, 15) is 0 Å². The zero-order valence-electron chi connectivity index (χ0n) is 12.6. The van der Waals surface area contributed by atoms with E-state index in [1.807, 2.05) is 13.0 Å². The lowest BCUT2D eigenvalue weighted by Gasteiger charge is -2.30. The first-order valence-corrected chi connectivity index (χ1v) is 6.87. The van der Waals surface area contributed by atoms with E-state index < -0.39 is 0 Å². The van der Waals surface area contributed by atoms with Crippen LogP contribution in [0.3, 0.4) is 0 Å². The summed E-state index contributed by atoms with van der Waals surface area (Å²) in [5.41, 5.74) is 0.249. The Balaban J connectivity index is 2.10. The standard InChI is InChI=1S/C14H25N5/c1-10-16-12(18-11-7-15-8-11)6-13(17-10)19(5)9-14(2,3)4/h6,11,15H,7-9H2,1-5H3,(H,16,17,18). The molecule has 0 atom stereocenters. The maximum atomic E-state index is 4.53. The molecule has 1 aromatic heterocycles. The molecule has 1 aromatic rings. The van der Waals surface area contributed by atoms with E-state index in [-0.39, 0.29) is 5.41 Å². The van der Waals surface area contributed by atoms with E-state index >= 15 is 0 Å². The van der Waals surface area contributed by atoms with Gasteiger partial charge in [0.15, 0.2) is 0 Å². The van der Waals surface area contributed by atoms with Crippen LogP contribution in [0.2, 0.25) is 0 Å². The minimum atomic E-state index is 0.249. The Morgan fingerprint density at radius 3 is 2.58 bits per heavy atom. The van der Waals surface area contributed by atoms with Crippen molar-refractivity contribution in [3.8, 4) is 0 Å². The quantitative estimate of drug-likeness (QED) is 0.865. The van der Waals surface area contributed by atoms with Gasteiger partial charge in [-0.05, 0) is 12.3 Å². The van der Waals surface area contributed by atoms with Gasteiger partial charge in [0.1, 0.15) is 17.5 Å². The van der Waals surface area contributed by atoms with E-state index in [0.29, 0.717) is 6.04 Å². The van der Waals surface area contributed by atoms with Gasteiger partial charge in [-0.25, -0.2) is 9.97 Å². The molecule has 0 radical (unpaired) electrons. The van der Waals surface area contributed by atoms with Gasteiger partial charge in [0.05, 0.1) is 6.04 Å². The van der Waals surface area contributed by atoms with Gasteiger partial charge in [-0.3, -0.25) is 0 Å². The van der Waals surface area contributed by atoms with E-state index in [4.69, 9.17) is 0 Å². The first-order valence-electron chi connectivity index (χ1n) is 6.87. The van der Waals surface area contributed by atoms with Crippen LogP contribution in [0.15, 0.2) is 6.07 Å². The average molecular weight is 263 g/mol. The highest BCUT2D eigenvalue weighted by Crippen LogP contribution is 2.21. The van der Waals surface area contributed by atoms with E-state index in [1.54, 1.807) is 0 Å². The van der Waals surface area contributed by atoms with E-state index in [0.717, 1.165) is 37.1 Å². The summed E-state index contributed by atoms with van der Waals surface area (Å²) in [6, 6.07) is 2.53. The molecule has 0 amide bonds. The summed E-state index contributed by atoms with van der Waals surface area (Å²) in [6.45, 7) is 11.6. The number of aromatic nitrogens is 2. The summed E-state index contributed by atoms with van der Waals surface area (Å²) in [7, 11) is 2.09. The number of hydrogen-bond acceptors (Lipinski definition) is 5. The highest BCUT2D eigenvalue weighted by molar-refractivity contribution is 5.49. The second-order valence-corrected chi connectivity index (χ2v) is 6.57. The first kappa shape index (κ1) is 14.1. The summed E-state index contributed by atoms with van der Waals surface area (Å²) < 4.78 is 0. The number of rotatable bonds is 4. The van der Waals surface area contributed by atoms with Gasteiger partial charge in [-0.1, -0.05) is 20.8 Å². The smallest absolute Gasteiger partial charge is 0.134 e. The predicted octanol–water partition coefficient (Wildman–Crippen LogP) is 1.65. The predicted molar refractivity (Wildman–Crippen MR) is 79.8 cm³/mol. The van der Waals surface area contributed by atoms with Crippen LogP contribution in [0.4, 0.5) is 11.6 Å². The molecular weight excluding hydrogens is 238 g/mol. The van der Waals surface area contributed by atoms with Crippen molar-refractivity contribution in [2.75, 3.05) is 36.9 Å². The Morgan fingerprint density at radius 1 is 1.37 bits per heavy atom. The van der Waals surface area contributed by atoms with Crippen LogP contribution in [0.25, 0.3) is 0 Å². The minimum Gasteiger partial charge on any atom is -0.365 e. The van der Waals surface area contributed by atoms with Crippen molar-refractivity contribution in [1.82, 2.24) is 15.3 Å². The van der Waals surface area contributed by atoms with Crippen LogP contribution in [0.5, 0.6) is 0 Å². The second kappa shape index (κ2) is 5.33. The van der Waals surface area contributed by atoms with Gasteiger partial charge >= 0.3 is 0 Å². The van der Waals surface area contributed by atoms with Crippen LogP contribution >= 0.6 is 0 Å². The molecule has 1 aliphatic rings. The average Bonchev–Trinajstić information content (AvgIpc) is 2.20. The number of hydrogen-bond donors (Lipinski definition) is 2. The zero-order valence-corrected chi connectivity index (χ0v) is 12.6. The van der Waals surface area contributed by atoms with Gasteiger partial charge in [-0.2, -0.15) is 0 Å². The van der Waals surface area contributed by atoms with Gasteiger partial charge in [-0.15, -0.1) is 0 Å². The van der Waals surface area contributed by atoms with Crippen molar-refractivity contribution >= 4 is 11.6 Å². The summed E-state index contributed by atoms with van der Waals surface area (Å²) in [6.07, 6.45) is 0. The molecule has 0 aliphatic carbocycles. The number of nitrogens with zero attached hydrogens (tertiary/aromatic N) is 3. The fourth-order valence-corrected chi connectivity index (χ4v) is 2.21. The summed E-state index contributed by atoms with van der Waals surface area (Å²) >= 11 is 0. The number of anilines is 2. The Labute approximate surface area is 115 Å². The molecule has 2 rings (SSSR count). The minimum absolute atomic E-state index is 0.249. The van der Waals surface area contributed by atoms with Crippen LogP contribution in [0.1, 0.15) is 26.6 Å². The fraction of sp³-hybridized carbons (Fsp3) is 0.714. The van der Waals surface area contributed by atoms with Crippen molar-refractivity contribution in [2.45, 2.75) is 33.7 Å². The molecule has 5 nitrogen and oxygen atoms in total. The molecule has 0 unspecified atom stereocenters.